The number of aryl methyl sites for hydroxylation is 1. The van der Waals surface area contributed by atoms with E-state index in [-0.39, 0.29) is 34.9 Å². The quantitative estimate of drug-likeness (QED) is 0.701. The summed E-state index contributed by atoms with van der Waals surface area (Å²) < 4.78 is 28.5. The van der Waals surface area contributed by atoms with E-state index in [0.29, 0.717) is 13.0 Å². The highest BCUT2D eigenvalue weighted by atomic mass is 32.2. The van der Waals surface area contributed by atoms with Crippen LogP contribution in [-0.2, 0) is 19.4 Å². The Morgan fingerprint density at radius 3 is 2.60 bits per heavy atom. The van der Waals surface area contributed by atoms with Gasteiger partial charge in [-0.3, -0.25) is 9.78 Å². The van der Waals surface area contributed by atoms with Crippen LogP contribution in [0.3, 0.4) is 0 Å². The smallest absolute Gasteiger partial charge is 0.340 e. The van der Waals surface area contributed by atoms with Crippen LogP contribution in [-0.4, -0.2) is 60.9 Å². The molecule has 1 amide bonds. The summed E-state index contributed by atoms with van der Waals surface area (Å²) in [6, 6.07) is 2.93. The zero-order valence-electron chi connectivity index (χ0n) is 14.8. The molecule has 1 aromatic rings. The summed E-state index contributed by atoms with van der Waals surface area (Å²) >= 11 is 0. The van der Waals surface area contributed by atoms with Gasteiger partial charge in [0, 0.05) is 24.5 Å². The van der Waals surface area contributed by atoms with Gasteiger partial charge in [-0.1, -0.05) is 13.8 Å². The van der Waals surface area contributed by atoms with Gasteiger partial charge in [0.25, 0.3) is 5.91 Å². The molecule has 1 aromatic heterocycles. The summed E-state index contributed by atoms with van der Waals surface area (Å²) in [5, 5.41) is 0. The predicted molar refractivity (Wildman–Crippen MR) is 92.9 cm³/mol. The third-order valence-electron chi connectivity index (χ3n) is 4.01. The summed E-state index contributed by atoms with van der Waals surface area (Å²) in [4.78, 5) is 30.1. The second-order valence-electron chi connectivity index (χ2n) is 6.76. The minimum absolute atomic E-state index is 0.0265. The molecule has 0 radical (unpaired) electrons. The number of rotatable bonds is 6. The van der Waals surface area contributed by atoms with Crippen molar-refractivity contribution in [3.63, 3.8) is 0 Å². The summed E-state index contributed by atoms with van der Waals surface area (Å²) in [6.45, 7) is 5.73. The number of nitrogens with zero attached hydrogens (tertiary/aromatic N) is 2. The molecule has 7 nitrogen and oxygen atoms in total. The van der Waals surface area contributed by atoms with E-state index in [1.54, 1.807) is 19.1 Å². The molecule has 25 heavy (non-hydrogen) atoms. The maximum Gasteiger partial charge on any atom is 0.340 e. The van der Waals surface area contributed by atoms with Crippen LogP contribution in [0.2, 0.25) is 0 Å². The van der Waals surface area contributed by atoms with Gasteiger partial charge in [0.2, 0.25) is 0 Å². The molecule has 0 aliphatic carbocycles. The van der Waals surface area contributed by atoms with E-state index in [9.17, 15) is 18.0 Å². The average Bonchev–Trinajstić information content (AvgIpc) is 2.90. The molecule has 2 rings (SSSR count). The minimum atomic E-state index is -3.10. The van der Waals surface area contributed by atoms with Crippen molar-refractivity contribution in [2.45, 2.75) is 33.2 Å². The number of amides is 1. The molecule has 1 atom stereocenters. The van der Waals surface area contributed by atoms with Gasteiger partial charge in [-0.15, -0.1) is 0 Å². The Morgan fingerprint density at radius 2 is 2.08 bits per heavy atom. The molecule has 1 saturated heterocycles. The molecule has 1 aliphatic rings. The number of ether oxygens (including phenoxy) is 1. The number of hydrogen-bond donors (Lipinski definition) is 0. The van der Waals surface area contributed by atoms with E-state index in [1.165, 1.54) is 11.1 Å². The lowest BCUT2D eigenvalue weighted by atomic mass is 10.1. The van der Waals surface area contributed by atoms with Crippen molar-refractivity contribution in [3.05, 3.63) is 29.6 Å². The zero-order valence-corrected chi connectivity index (χ0v) is 15.6. The molecule has 2 heterocycles. The Hall–Kier alpha value is -1.96. The van der Waals surface area contributed by atoms with Gasteiger partial charge in [0.15, 0.2) is 16.4 Å². The van der Waals surface area contributed by atoms with Gasteiger partial charge in [0.05, 0.1) is 17.1 Å². The summed E-state index contributed by atoms with van der Waals surface area (Å²) in [5.41, 5.74) is 1.05. The highest BCUT2D eigenvalue weighted by Crippen LogP contribution is 2.19. The van der Waals surface area contributed by atoms with E-state index < -0.39 is 22.4 Å². The lowest BCUT2D eigenvalue weighted by molar-refractivity contribution is -0.137. The molecule has 0 bridgehead atoms. The molecule has 8 heteroatoms. The van der Waals surface area contributed by atoms with Crippen molar-refractivity contribution in [2.24, 2.45) is 5.92 Å². The molecular formula is C17H24N2O5S. The summed E-state index contributed by atoms with van der Waals surface area (Å²) in [5.74, 6) is -0.742. The second kappa shape index (κ2) is 7.95. The standard InChI is InChI=1S/C17H24N2O5S/c1-12(2)9-19(15-6-7-25(22,23)11-15)16(20)10-24-17(21)14-5-4-13(3)18-8-14/h4-5,8,12,15H,6-7,9-11H2,1-3H3. The lowest BCUT2D eigenvalue weighted by Gasteiger charge is -2.29. The van der Waals surface area contributed by atoms with Crippen molar-refractivity contribution in [3.8, 4) is 0 Å². The third-order valence-corrected chi connectivity index (χ3v) is 5.76. The van der Waals surface area contributed by atoms with Crippen LogP contribution >= 0.6 is 0 Å². The van der Waals surface area contributed by atoms with Gasteiger partial charge < -0.3 is 9.64 Å². The first kappa shape index (κ1) is 19.4. The van der Waals surface area contributed by atoms with E-state index in [0.717, 1.165) is 5.69 Å². The van der Waals surface area contributed by atoms with Crippen molar-refractivity contribution >= 4 is 21.7 Å². The fourth-order valence-corrected chi connectivity index (χ4v) is 4.48. The van der Waals surface area contributed by atoms with Gasteiger partial charge in [-0.05, 0) is 31.4 Å². The van der Waals surface area contributed by atoms with E-state index in [2.05, 4.69) is 4.98 Å². The van der Waals surface area contributed by atoms with E-state index >= 15 is 0 Å². The number of aromatic nitrogens is 1. The number of pyridine rings is 1. The van der Waals surface area contributed by atoms with E-state index in [1.807, 2.05) is 13.8 Å². The SMILES string of the molecule is Cc1ccc(C(=O)OCC(=O)N(CC(C)C)C2CCS(=O)(=O)C2)cn1. The molecule has 0 aromatic carbocycles. The fourth-order valence-electron chi connectivity index (χ4n) is 2.75. The summed E-state index contributed by atoms with van der Waals surface area (Å²) in [6.07, 6.45) is 1.83. The van der Waals surface area contributed by atoms with Crippen molar-refractivity contribution in [1.29, 1.82) is 0 Å². The van der Waals surface area contributed by atoms with Crippen molar-refractivity contribution in [1.82, 2.24) is 9.88 Å². The Bertz CT molecular complexity index is 728. The van der Waals surface area contributed by atoms with Crippen LogP contribution in [0.1, 0.15) is 36.3 Å². The predicted octanol–water partition coefficient (Wildman–Crippen LogP) is 1.22. The van der Waals surface area contributed by atoms with Crippen LogP contribution in [0, 0.1) is 12.8 Å². The van der Waals surface area contributed by atoms with Crippen LogP contribution < -0.4 is 0 Å². The monoisotopic (exact) mass is 368 g/mol. The first-order valence-electron chi connectivity index (χ1n) is 8.27. The summed E-state index contributed by atoms with van der Waals surface area (Å²) in [7, 11) is -3.10. The number of carbonyl (C=O) groups is 2. The number of sulfone groups is 1. The Balaban J connectivity index is 1.99. The Morgan fingerprint density at radius 1 is 1.36 bits per heavy atom. The van der Waals surface area contributed by atoms with Crippen molar-refractivity contribution < 1.29 is 22.7 Å². The molecular weight excluding hydrogens is 344 g/mol. The Labute approximate surface area is 148 Å². The zero-order chi connectivity index (χ0) is 18.6. The maximum atomic E-state index is 12.5. The van der Waals surface area contributed by atoms with Crippen LogP contribution in [0.4, 0.5) is 0 Å². The highest BCUT2D eigenvalue weighted by Gasteiger charge is 2.35. The molecule has 0 saturated carbocycles. The topological polar surface area (TPSA) is 93.6 Å². The first-order chi connectivity index (χ1) is 11.7. The lowest BCUT2D eigenvalue weighted by Crippen LogP contribution is -2.45. The Kier molecular flexibility index (Phi) is 6.16. The normalized spacial score (nSPS) is 19.0. The van der Waals surface area contributed by atoms with Crippen LogP contribution in [0.25, 0.3) is 0 Å². The fraction of sp³-hybridized carbons (Fsp3) is 0.588. The van der Waals surface area contributed by atoms with Gasteiger partial charge >= 0.3 is 5.97 Å². The number of hydrogen-bond acceptors (Lipinski definition) is 6. The average molecular weight is 368 g/mol. The molecule has 0 spiro atoms. The maximum absolute atomic E-state index is 12.5. The minimum Gasteiger partial charge on any atom is -0.452 e. The molecule has 1 unspecified atom stereocenters. The second-order valence-corrected chi connectivity index (χ2v) is 8.99. The third kappa shape index (κ3) is 5.52. The van der Waals surface area contributed by atoms with Crippen LogP contribution in [0.5, 0.6) is 0 Å². The molecule has 1 fully saturated rings. The largest absolute Gasteiger partial charge is 0.452 e. The highest BCUT2D eigenvalue weighted by molar-refractivity contribution is 7.91. The first-order valence-corrected chi connectivity index (χ1v) is 10.1. The molecule has 1 aliphatic heterocycles. The molecule has 138 valence electrons. The number of esters is 1. The van der Waals surface area contributed by atoms with Crippen LogP contribution in [0.15, 0.2) is 18.3 Å². The molecule has 0 N–H and O–H groups in total. The van der Waals surface area contributed by atoms with Gasteiger partial charge in [-0.25, -0.2) is 13.2 Å². The van der Waals surface area contributed by atoms with Crippen molar-refractivity contribution in [2.75, 3.05) is 24.7 Å². The van der Waals surface area contributed by atoms with E-state index in [4.69, 9.17) is 4.74 Å². The van der Waals surface area contributed by atoms with Gasteiger partial charge in [-0.2, -0.15) is 0 Å². The number of carbonyl (C=O) groups excluding carboxylic acids is 2. The van der Waals surface area contributed by atoms with Gasteiger partial charge in [0.1, 0.15) is 0 Å².